The molecule has 19 heavy (non-hydrogen) atoms. The van der Waals surface area contributed by atoms with Crippen molar-refractivity contribution in [3.63, 3.8) is 0 Å². The fourth-order valence-electron chi connectivity index (χ4n) is 3.21. The zero-order valence-corrected chi connectivity index (χ0v) is 12.9. The zero-order chi connectivity index (χ0) is 14.0. The third-order valence-electron chi connectivity index (χ3n) is 4.59. The highest BCUT2D eigenvalue weighted by Crippen LogP contribution is 2.29. The van der Waals surface area contributed by atoms with Crippen molar-refractivity contribution in [3.8, 4) is 0 Å². The lowest BCUT2D eigenvalue weighted by molar-refractivity contribution is 0.179. The van der Waals surface area contributed by atoms with Gasteiger partial charge in [-0.1, -0.05) is 6.42 Å². The van der Waals surface area contributed by atoms with Crippen molar-refractivity contribution < 1.29 is 8.42 Å². The van der Waals surface area contributed by atoms with Gasteiger partial charge in [-0.3, -0.25) is 0 Å². The van der Waals surface area contributed by atoms with E-state index in [2.05, 4.69) is 0 Å². The lowest BCUT2D eigenvalue weighted by atomic mass is 9.96. The number of piperidine rings is 2. The average Bonchev–Trinajstić information content (AvgIpc) is 2.39. The lowest BCUT2D eigenvalue weighted by Crippen LogP contribution is -2.55. The molecule has 0 aromatic heterocycles. The number of hydrogen-bond donors (Lipinski definition) is 1. The maximum atomic E-state index is 12.8. The zero-order valence-electron chi connectivity index (χ0n) is 12.1. The molecule has 2 rings (SSSR count). The Balaban J connectivity index is 2.17. The van der Waals surface area contributed by atoms with E-state index in [1.165, 1.54) is 0 Å². The van der Waals surface area contributed by atoms with Gasteiger partial charge < -0.3 is 5.73 Å². The Morgan fingerprint density at radius 1 is 1.05 bits per heavy atom. The summed E-state index contributed by atoms with van der Waals surface area (Å²) in [6, 6.07) is 0.228. The van der Waals surface area contributed by atoms with Crippen molar-refractivity contribution in [2.24, 2.45) is 11.7 Å². The predicted molar refractivity (Wildman–Crippen MR) is 76.9 cm³/mol. The van der Waals surface area contributed by atoms with Gasteiger partial charge >= 0.3 is 0 Å². The second-order valence-corrected chi connectivity index (χ2v) is 7.89. The van der Waals surface area contributed by atoms with Crippen LogP contribution in [0.1, 0.15) is 46.0 Å². The molecule has 0 amide bonds. The molecule has 2 saturated heterocycles. The molecule has 0 saturated carbocycles. The Morgan fingerprint density at radius 3 is 2.37 bits per heavy atom. The molecule has 2 N–H and O–H groups in total. The van der Waals surface area contributed by atoms with Gasteiger partial charge in [0, 0.05) is 25.2 Å². The molecule has 0 radical (unpaired) electrons. The van der Waals surface area contributed by atoms with Gasteiger partial charge in [-0.2, -0.15) is 17.0 Å². The molecule has 2 aliphatic heterocycles. The van der Waals surface area contributed by atoms with Crippen LogP contribution in [0, 0.1) is 5.92 Å². The van der Waals surface area contributed by atoms with Crippen molar-refractivity contribution in [1.82, 2.24) is 8.61 Å². The van der Waals surface area contributed by atoms with Crippen LogP contribution in [0.2, 0.25) is 0 Å². The molecule has 0 aromatic carbocycles. The van der Waals surface area contributed by atoms with Crippen LogP contribution in [-0.2, 0) is 10.2 Å². The average molecular weight is 289 g/mol. The SMILES string of the molecule is CC1CCCCN1S(=O)(=O)N1CC(CN)CCC1C. The summed E-state index contributed by atoms with van der Waals surface area (Å²) in [5.41, 5.74) is 5.72. The molecule has 6 heteroatoms. The summed E-state index contributed by atoms with van der Waals surface area (Å²) in [5, 5.41) is 0. The van der Waals surface area contributed by atoms with E-state index >= 15 is 0 Å². The summed E-state index contributed by atoms with van der Waals surface area (Å²) in [4.78, 5) is 0. The van der Waals surface area contributed by atoms with Crippen LogP contribution in [0.15, 0.2) is 0 Å². The number of rotatable bonds is 3. The fourth-order valence-corrected chi connectivity index (χ4v) is 5.36. The molecule has 2 aliphatic rings. The molecule has 5 nitrogen and oxygen atoms in total. The normalized spacial score (nSPS) is 35.4. The van der Waals surface area contributed by atoms with E-state index in [1.807, 2.05) is 13.8 Å². The third kappa shape index (κ3) is 3.12. The Morgan fingerprint density at radius 2 is 1.74 bits per heavy atom. The van der Waals surface area contributed by atoms with Gasteiger partial charge in [0.15, 0.2) is 0 Å². The van der Waals surface area contributed by atoms with Gasteiger partial charge in [0.05, 0.1) is 0 Å². The molecule has 112 valence electrons. The Kier molecular flexibility index (Phi) is 4.87. The van der Waals surface area contributed by atoms with Crippen LogP contribution >= 0.6 is 0 Å². The lowest BCUT2D eigenvalue weighted by Gasteiger charge is -2.42. The molecule has 0 aliphatic carbocycles. The Bertz CT molecular complexity index is 399. The minimum Gasteiger partial charge on any atom is -0.330 e. The summed E-state index contributed by atoms with van der Waals surface area (Å²) in [7, 11) is -3.32. The van der Waals surface area contributed by atoms with Gasteiger partial charge in [-0.05, 0) is 52.0 Å². The number of nitrogens with two attached hydrogens (primary N) is 1. The van der Waals surface area contributed by atoms with Crippen LogP contribution in [0.3, 0.4) is 0 Å². The maximum Gasteiger partial charge on any atom is 0.282 e. The minimum atomic E-state index is -3.32. The smallest absolute Gasteiger partial charge is 0.282 e. The van der Waals surface area contributed by atoms with E-state index in [1.54, 1.807) is 8.61 Å². The fraction of sp³-hybridized carbons (Fsp3) is 1.00. The quantitative estimate of drug-likeness (QED) is 0.848. The van der Waals surface area contributed by atoms with Crippen LogP contribution in [0.4, 0.5) is 0 Å². The molecule has 2 heterocycles. The number of hydrogen-bond acceptors (Lipinski definition) is 3. The predicted octanol–water partition coefficient (Wildman–Crippen LogP) is 1.16. The van der Waals surface area contributed by atoms with Crippen LogP contribution in [0.25, 0.3) is 0 Å². The molecule has 0 bridgehead atoms. The summed E-state index contributed by atoms with van der Waals surface area (Å²) < 4.78 is 29.1. The first kappa shape index (κ1) is 15.2. The topological polar surface area (TPSA) is 66.6 Å². The highest BCUT2D eigenvalue weighted by Gasteiger charge is 2.39. The third-order valence-corrected chi connectivity index (χ3v) is 6.83. The van der Waals surface area contributed by atoms with E-state index in [9.17, 15) is 8.42 Å². The summed E-state index contributed by atoms with van der Waals surface area (Å²) in [6.07, 6.45) is 5.05. The second kappa shape index (κ2) is 6.08. The summed E-state index contributed by atoms with van der Waals surface area (Å²) in [6.45, 7) is 5.86. The second-order valence-electron chi connectivity index (χ2n) is 6.06. The first-order valence-electron chi connectivity index (χ1n) is 7.45. The largest absolute Gasteiger partial charge is 0.330 e. The number of nitrogens with zero attached hydrogens (tertiary/aromatic N) is 2. The van der Waals surface area contributed by atoms with Gasteiger partial charge in [0.2, 0.25) is 0 Å². The molecule has 3 unspecified atom stereocenters. The molecule has 2 fully saturated rings. The van der Waals surface area contributed by atoms with Crippen molar-refractivity contribution in [2.45, 2.75) is 58.0 Å². The van der Waals surface area contributed by atoms with Crippen molar-refractivity contribution in [1.29, 1.82) is 0 Å². The summed E-state index contributed by atoms with van der Waals surface area (Å²) in [5.74, 6) is 0.311. The molecule has 0 spiro atoms. The van der Waals surface area contributed by atoms with Crippen LogP contribution in [-0.4, -0.2) is 48.7 Å². The van der Waals surface area contributed by atoms with Crippen LogP contribution in [0.5, 0.6) is 0 Å². The van der Waals surface area contributed by atoms with E-state index in [0.717, 1.165) is 32.1 Å². The van der Waals surface area contributed by atoms with Gasteiger partial charge in [0.25, 0.3) is 10.2 Å². The Labute approximate surface area is 117 Å². The van der Waals surface area contributed by atoms with E-state index in [4.69, 9.17) is 5.73 Å². The standard InChI is InChI=1S/C13H27N3O2S/c1-11-5-3-4-8-15(11)19(17,18)16-10-13(9-14)7-6-12(16)2/h11-13H,3-10,14H2,1-2H3. The molecule has 0 aromatic rings. The van der Waals surface area contributed by atoms with E-state index < -0.39 is 10.2 Å². The first-order valence-corrected chi connectivity index (χ1v) is 8.85. The molecule has 3 atom stereocenters. The van der Waals surface area contributed by atoms with Crippen molar-refractivity contribution >= 4 is 10.2 Å². The highest BCUT2D eigenvalue weighted by atomic mass is 32.2. The highest BCUT2D eigenvalue weighted by molar-refractivity contribution is 7.86. The van der Waals surface area contributed by atoms with Gasteiger partial charge in [-0.25, -0.2) is 0 Å². The van der Waals surface area contributed by atoms with Gasteiger partial charge in [-0.15, -0.1) is 0 Å². The molecular weight excluding hydrogens is 262 g/mol. The maximum absolute atomic E-state index is 12.8. The monoisotopic (exact) mass is 289 g/mol. The van der Waals surface area contributed by atoms with E-state index in [-0.39, 0.29) is 12.1 Å². The van der Waals surface area contributed by atoms with Gasteiger partial charge in [0.1, 0.15) is 0 Å². The van der Waals surface area contributed by atoms with Crippen molar-refractivity contribution in [2.75, 3.05) is 19.6 Å². The first-order chi connectivity index (χ1) is 8.96. The van der Waals surface area contributed by atoms with Crippen molar-refractivity contribution in [3.05, 3.63) is 0 Å². The minimum absolute atomic E-state index is 0.0990. The summed E-state index contributed by atoms with van der Waals surface area (Å²) >= 11 is 0. The van der Waals surface area contributed by atoms with E-state index in [0.29, 0.717) is 25.6 Å². The van der Waals surface area contributed by atoms with Crippen LogP contribution < -0.4 is 5.73 Å². The Hall–Kier alpha value is -0.170. The molecular formula is C13H27N3O2S.